The van der Waals surface area contributed by atoms with Gasteiger partial charge in [-0.15, -0.1) is 0 Å². The normalized spacial score (nSPS) is 10.7. The van der Waals surface area contributed by atoms with E-state index in [9.17, 15) is 0 Å². The van der Waals surface area contributed by atoms with Crippen LogP contribution >= 0.6 is 11.8 Å². The Hall–Kier alpha value is -2.24. The molecule has 0 aliphatic heterocycles. The fourth-order valence-corrected chi connectivity index (χ4v) is 2.96. The molecule has 23 heavy (non-hydrogen) atoms. The maximum Gasteiger partial charge on any atom is 0.188 e. The highest BCUT2D eigenvalue weighted by Crippen LogP contribution is 2.24. The molecule has 2 aromatic heterocycles. The summed E-state index contributed by atoms with van der Waals surface area (Å²) in [6, 6.07) is 16.2. The minimum atomic E-state index is 0.397. The van der Waals surface area contributed by atoms with E-state index >= 15 is 0 Å². The van der Waals surface area contributed by atoms with Gasteiger partial charge in [0.25, 0.3) is 0 Å². The number of thioether (sulfide) groups is 1. The third kappa shape index (κ3) is 4.15. The molecule has 0 atom stereocenters. The Balaban J connectivity index is 1.85. The summed E-state index contributed by atoms with van der Waals surface area (Å²) in [5, 5.41) is 0.743. The molecule has 0 amide bonds. The van der Waals surface area contributed by atoms with E-state index in [2.05, 4.69) is 27.1 Å². The number of aromatic nitrogens is 3. The van der Waals surface area contributed by atoms with Crippen molar-refractivity contribution in [2.45, 2.75) is 24.4 Å². The summed E-state index contributed by atoms with van der Waals surface area (Å²) >= 11 is 1.62. The smallest absolute Gasteiger partial charge is 0.188 e. The third-order valence-corrected chi connectivity index (χ3v) is 4.30. The highest BCUT2D eigenvalue weighted by Gasteiger charge is 2.07. The predicted octanol–water partition coefficient (Wildman–Crippen LogP) is 3.60. The molecule has 3 rings (SSSR count). The fourth-order valence-electron chi connectivity index (χ4n) is 2.13. The molecule has 2 heterocycles. The van der Waals surface area contributed by atoms with E-state index in [1.54, 1.807) is 11.8 Å². The van der Waals surface area contributed by atoms with E-state index in [1.807, 2.05) is 49.5 Å². The Morgan fingerprint density at radius 1 is 1.04 bits per heavy atom. The van der Waals surface area contributed by atoms with Crippen LogP contribution < -0.4 is 5.73 Å². The van der Waals surface area contributed by atoms with Crippen molar-refractivity contribution in [3.63, 3.8) is 0 Å². The first kappa shape index (κ1) is 15.6. The van der Waals surface area contributed by atoms with E-state index in [0.717, 1.165) is 33.6 Å². The van der Waals surface area contributed by atoms with Crippen LogP contribution in [0.15, 0.2) is 59.9 Å². The van der Waals surface area contributed by atoms with Gasteiger partial charge in [0.1, 0.15) is 0 Å². The van der Waals surface area contributed by atoms with Gasteiger partial charge in [0, 0.05) is 29.8 Å². The van der Waals surface area contributed by atoms with Crippen molar-refractivity contribution in [3.05, 3.63) is 71.7 Å². The Labute approximate surface area is 140 Å². The molecule has 0 bridgehead atoms. The van der Waals surface area contributed by atoms with E-state index in [0.29, 0.717) is 6.54 Å². The maximum atomic E-state index is 5.78. The summed E-state index contributed by atoms with van der Waals surface area (Å²) in [5.74, 6) is 0.834. The van der Waals surface area contributed by atoms with Gasteiger partial charge in [-0.25, -0.2) is 9.97 Å². The standard InChI is InChI=1S/C18H18N4S/c1-13-7-8-15(11-20-13)17-9-16(10-19)21-18(22-17)23-12-14-5-3-2-4-6-14/h2-9,11H,10,12,19H2,1H3. The molecule has 0 saturated carbocycles. The lowest BCUT2D eigenvalue weighted by Gasteiger charge is -2.07. The number of benzene rings is 1. The van der Waals surface area contributed by atoms with Crippen LogP contribution in [0.1, 0.15) is 17.0 Å². The van der Waals surface area contributed by atoms with Crippen LogP contribution in [-0.4, -0.2) is 15.0 Å². The van der Waals surface area contributed by atoms with Gasteiger partial charge in [-0.3, -0.25) is 4.98 Å². The zero-order valence-electron chi connectivity index (χ0n) is 12.9. The average Bonchev–Trinajstić information content (AvgIpc) is 2.61. The molecule has 5 heteroatoms. The first-order chi connectivity index (χ1) is 11.2. The lowest BCUT2D eigenvalue weighted by Crippen LogP contribution is -2.03. The van der Waals surface area contributed by atoms with Crippen molar-refractivity contribution >= 4 is 11.8 Å². The summed E-state index contributed by atoms with van der Waals surface area (Å²) in [7, 11) is 0. The Bertz CT molecular complexity index is 773. The van der Waals surface area contributed by atoms with Crippen molar-refractivity contribution < 1.29 is 0 Å². The minimum Gasteiger partial charge on any atom is -0.325 e. The fraction of sp³-hybridized carbons (Fsp3) is 0.167. The van der Waals surface area contributed by atoms with Gasteiger partial charge in [0.15, 0.2) is 5.16 Å². The second-order valence-electron chi connectivity index (χ2n) is 5.19. The monoisotopic (exact) mass is 322 g/mol. The molecule has 0 saturated heterocycles. The van der Waals surface area contributed by atoms with Gasteiger partial charge >= 0.3 is 0 Å². The van der Waals surface area contributed by atoms with Crippen LogP contribution in [0.25, 0.3) is 11.3 Å². The summed E-state index contributed by atoms with van der Waals surface area (Å²) in [6.07, 6.45) is 1.84. The van der Waals surface area contributed by atoms with Crippen molar-refractivity contribution in [2.24, 2.45) is 5.73 Å². The van der Waals surface area contributed by atoms with E-state index in [-0.39, 0.29) is 0 Å². The molecule has 116 valence electrons. The molecular formula is C18H18N4S. The number of pyridine rings is 1. The summed E-state index contributed by atoms with van der Waals surface area (Å²) < 4.78 is 0. The molecule has 0 fully saturated rings. The molecule has 0 radical (unpaired) electrons. The molecule has 4 nitrogen and oxygen atoms in total. The molecule has 0 aliphatic rings. The van der Waals surface area contributed by atoms with Crippen LogP contribution in [0.3, 0.4) is 0 Å². The summed E-state index contributed by atoms with van der Waals surface area (Å²) in [4.78, 5) is 13.5. The number of hydrogen-bond donors (Lipinski definition) is 1. The van der Waals surface area contributed by atoms with Gasteiger partial charge in [0.2, 0.25) is 0 Å². The van der Waals surface area contributed by atoms with E-state index in [4.69, 9.17) is 5.73 Å². The van der Waals surface area contributed by atoms with Crippen LogP contribution in [-0.2, 0) is 12.3 Å². The maximum absolute atomic E-state index is 5.78. The minimum absolute atomic E-state index is 0.397. The summed E-state index contributed by atoms with van der Waals surface area (Å²) in [5.41, 5.74) is 10.7. The van der Waals surface area contributed by atoms with Crippen molar-refractivity contribution in [1.29, 1.82) is 0 Å². The Kier molecular flexibility index (Phi) is 5.00. The van der Waals surface area contributed by atoms with E-state index in [1.165, 1.54) is 5.56 Å². The first-order valence-electron chi connectivity index (χ1n) is 7.42. The van der Waals surface area contributed by atoms with Gasteiger partial charge in [-0.2, -0.15) is 0 Å². The van der Waals surface area contributed by atoms with Gasteiger partial charge in [0.05, 0.1) is 11.4 Å². The Morgan fingerprint density at radius 3 is 2.57 bits per heavy atom. The quantitative estimate of drug-likeness (QED) is 0.574. The molecule has 2 N–H and O–H groups in total. The van der Waals surface area contributed by atoms with Crippen molar-refractivity contribution in [1.82, 2.24) is 15.0 Å². The number of aryl methyl sites for hydroxylation is 1. The largest absolute Gasteiger partial charge is 0.325 e. The number of rotatable bonds is 5. The van der Waals surface area contributed by atoms with Crippen LogP contribution in [0, 0.1) is 6.92 Å². The average molecular weight is 322 g/mol. The summed E-state index contributed by atoms with van der Waals surface area (Å²) in [6.45, 7) is 2.36. The van der Waals surface area contributed by atoms with Crippen LogP contribution in [0.4, 0.5) is 0 Å². The number of nitrogens with two attached hydrogens (primary N) is 1. The van der Waals surface area contributed by atoms with Crippen molar-refractivity contribution in [2.75, 3.05) is 0 Å². The number of hydrogen-bond acceptors (Lipinski definition) is 5. The molecule has 1 aromatic carbocycles. The molecule has 3 aromatic rings. The van der Waals surface area contributed by atoms with Crippen LogP contribution in [0.5, 0.6) is 0 Å². The van der Waals surface area contributed by atoms with Gasteiger partial charge in [-0.05, 0) is 30.7 Å². The highest BCUT2D eigenvalue weighted by atomic mass is 32.2. The first-order valence-corrected chi connectivity index (χ1v) is 8.41. The predicted molar refractivity (Wildman–Crippen MR) is 93.9 cm³/mol. The molecule has 0 unspecified atom stereocenters. The Morgan fingerprint density at radius 2 is 1.87 bits per heavy atom. The molecular weight excluding hydrogens is 304 g/mol. The van der Waals surface area contributed by atoms with Gasteiger partial charge in [-0.1, -0.05) is 42.1 Å². The lowest BCUT2D eigenvalue weighted by molar-refractivity contribution is 0.878. The van der Waals surface area contributed by atoms with Crippen LogP contribution in [0.2, 0.25) is 0 Å². The lowest BCUT2D eigenvalue weighted by atomic mass is 10.2. The second kappa shape index (κ2) is 7.35. The SMILES string of the molecule is Cc1ccc(-c2cc(CN)nc(SCc3ccccc3)n2)cn1. The third-order valence-electron chi connectivity index (χ3n) is 3.39. The zero-order valence-corrected chi connectivity index (χ0v) is 13.8. The molecule has 0 spiro atoms. The van der Waals surface area contributed by atoms with E-state index < -0.39 is 0 Å². The van der Waals surface area contributed by atoms with Crippen molar-refractivity contribution in [3.8, 4) is 11.3 Å². The molecule has 0 aliphatic carbocycles. The topological polar surface area (TPSA) is 64.7 Å². The second-order valence-corrected chi connectivity index (χ2v) is 6.14. The number of nitrogens with zero attached hydrogens (tertiary/aromatic N) is 3. The van der Waals surface area contributed by atoms with Gasteiger partial charge < -0.3 is 5.73 Å². The highest BCUT2D eigenvalue weighted by molar-refractivity contribution is 7.98. The zero-order chi connectivity index (χ0) is 16.1.